The van der Waals surface area contributed by atoms with Crippen LogP contribution >= 0.6 is 0 Å². The fraction of sp³-hybridized carbons (Fsp3) is 0.533. The van der Waals surface area contributed by atoms with Crippen LogP contribution in [0.4, 0.5) is 0 Å². The maximum atomic E-state index is 12.4. The van der Waals surface area contributed by atoms with Gasteiger partial charge in [-0.2, -0.15) is 0 Å². The lowest BCUT2D eigenvalue weighted by atomic mass is 10.0. The van der Waals surface area contributed by atoms with Gasteiger partial charge < -0.3 is 5.32 Å². The number of rotatable bonds is 3. The van der Waals surface area contributed by atoms with Crippen molar-refractivity contribution in [1.29, 1.82) is 0 Å². The molecule has 5 nitrogen and oxygen atoms in total. The van der Waals surface area contributed by atoms with E-state index < -0.39 is 10.0 Å². The molecule has 0 radical (unpaired) electrons. The highest BCUT2D eigenvalue weighted by Crippen LogP contribution is 2.25. The minimum atomic E-state index is -3.82. The number of carbonyl (C=O) groups excluding carboxylic acids is 1. The van der Waals surface area contributed by atoms with Crippen molar-refractivity contribution in [3.8, 4) is 0 Å². The van der Waals surface area contributed by atoms with Gasteiger partial charge in [0.15, 0.2) is 0 Å². The largest absolute Gasteiger partial charge is 0.349 e. The standard InChI is InChI=1S/C15H22N2O3S/c1-9-4-5-12(6-9)17-15(18)13-8-14(21(16,19)20)11(3)7-10(13)2/h7-9,12H,4-6H2,1-3H3,(H,17,18)(H2,16,19,20). The third-order valence-corrected chi connectivity index (χ3v) is 5.16. The summed E-state index contributed by atoms with van der Waals surface area (Å²) in [6.07, 6.45) is 3.05. The summed E-state index contributed by atoms with van der Waals surface area (Å²) < 4.78 is 23.1. The molecule has 1 aromatic rings. The first-order chi connectivity index (χ1) is 9.68. The lowest BCUT2D eigenvalue weighted by Crippen LogP contribution is -2.33. The van der Waals surface area contributed by atoms with Crippen molar-refractivity contribution >= 4 is 15.9 Å². The van der Waals surface area contributed by atoms with Gasteiger partial charge >= 0.3 is 0 Å². The molecule has 1 amide bonds. The van der Waals surface area contributed by atoms with Crippen molar-refractivity contribution < 1.29 is 13.2 Å². The van der Waals surface area contributed by atoms with Crippen molar-refractivity contribution in [1.82, 2.24) is 5.32 Å². The Labute approximate surface area is 126 Å². The molecule has 1 aromatic carbocycles. The molecule has 0 saturated heterocycles. The number of nitrogens with one attached hydrogen (secondary N) is 1. The molecule has 1 aliphatic rings. The zero-order valence-electron chi connectivity index (χ0n) is 12.6. The Morgan fingerprint density at radius 1 is 1.24 bits per heavy atom. The van der Waals surface area contributed by atoms with Crippen LogP contribution in [0.25, 0.3) is 0 Å². The highest BCUT2D eigenvalue weighted by atomic mass is 32.2. The topological polar surface area (TPSA) is 89.3 Å². The lowest BCUT2D eigenvalue weighted by Gasteiger charge is -2.15. The number of hydrogen-bond acceptors (Lipinski definition) is 3. The summed E-state index contributed by atoms with van der Waals surface area (Å²) in [5.41, 5.74) is 1.69. The summed E-state index contributed by atoms with van der Waals surface area (Å²) in [6, 6.07) is 3.24. The maximum absolute atomic E-state index is 12.4. The average molecular weight is 310 g/mol. The van der Waals surface area contributed by atoms with Crippen LogP contribution in [0.5, 0.6) is 0 Å². The molecule has 1 saturated carbocycles. The van der Waals surface area contributed by atoms with Gasteiger partial charge in [-0.3, -0.25) is 4.79 Å². The molecule has 116 valence electrons. The Hall–Kier alpha value is -1.40. The van der Waals surface area contributed by atoms with Gasteiger partial charge in [0, 0.05) is 11.6 Å². The van der Waals surface area contributed by atoms with Crippen LogP contribution in [0.1, 0.15) is 47.7 Å². The molecule has 2 rings (SSSR count). The van der Waals surface area contributed by atoms with Crippen LogP contribution in [0.3, 0.4) is 0 Å². The zero-order valence-corrected chi connectivity index (χ0v) is 13.5. The number of carbonyl (C=O) groups is 1. The van der Waals surface area contributed by atoms with E-state index >= 15 is 0 Å². The molecule has 0 bridgehead atoms. The van der Waals surface area contributed by atoms with E-state index in [1.807, 2.05) is 0 Å². The monoisotopic (exact) mass is 310 g/mol. The van der Waals surface area contributed by atoms with Crippen LogP contribution in [0, 0.1) is 19.8 Å². The highest BCUT2D eigenvalue weighted by Gasteiger charge is 2.24. The molecule has 2 atom stereocenters. The summed E-state index contributed by atoms with van der Waals surface area (Å²) in [5.74, 6) is 0.394. The van der Waals surface area contributed by atoms with E-state index in [2.05, 4.69) is 12.2 Å². The molecule has 1 fully saturated rings. The van der Waals surface area contributed by atoms with E-state index in [0.717, 1.165) is 24.8 Å². The second kappa shape index (κ2) is 5.77. The smallest absolute Gasteiger partial charge is 0.251 e. The van der Waals surface area contributed by atoms with Gasteiger partial charge in [0.1, 0.15) is 0 Å². The lowest BCUT2D eigenvalue weighted by molar-refractivity contribution is 0.0936. The molecule has 21 heavy (non-hydrogen) atoms. The second-order valence-electron chi connectivity index (χ2n) is 6.07. The van der Waals surface area contributed by atoms with Crippen LogP contribution < -0.4 is 10.5 Å². The number of aryl methyl sites for hydroxylation is 2. The summed E-state index contributed by atoms with van der Waals surface area (Å²) in [6.45, 7) is 5.64. The molecule has 0 aliphatic heterocycles. The van der Waals surface area contributed by atoms with Gasteiger partial charge in [0.2, 0.25) is 10.0 Å². The van der Waals surface area contributed by atoms with Crippen molar-refractivity contribution in [2.45, 2.75) is 51.0 Å². The molecule has 6 heteroatoms. The van der Waals surface area contributed by atoms with Crippen LogP contribution in [0.15, 0.2) is 17.0 Å². The van der Waals surface area contributed by atoms with Gasteiger partial charge in [-0.25, -0.2) is 13.6 Å². The number of amides is 1. The first-order valence-electron chi connectivity index (χ1n) is 7.13. The number of primary sulfonamides is 1. The minimum Gasteiger partial charge on any atom is -0.349 e. The average Bonchev–Trinajstić information content (AvgIpc) is 2.72. The van der Waals surface area contributed by atoms with Crippen molar-refractivity contribution in [3.05, 3.63) is 28.8 Å². The Bertz CT molecular complexity index is 668. The van der Waals surface area contributed by atoms with Gasteiger partial charge in [-0.15, -0.1) is 0 Å². The van der Waals surface area contributed by atoms with Gasteiger partial charge in [-0.05, 0) is 56.2 Å². The number of sulfonamides is 1. The summed E-state index contributed by atoms with van der Waals surface area (Å²) >= 11 is 0. The number of benzene rings is 1. The van der Waals surface area contributed by atoms with E-state index in [-0.39, 0.29) is 16.8 Å². The predicted molar refractivity (Wildman–Crippen MR) is 81.6 cm³/mol. The van der Waals surface area contributed by atoms with Crippen molar-refractivity contribution in [2.75, 3.05) is 0 Å². The molecule has 3 N–H and O–H groups in total. The maximum Gasteiger partial charge on any atom is 0.251 e. The number of nitrogens with two attached hydrogens (primary N) is 1. The molecular formula is C15H22N2O3S. The van der Waals surface area contributed by atoms with Crippen molar-refractivity contribution in [3.63, 3.8) is 0 Å². The van der Waals surface area contributed by atoms with Crippen LogP contribution in [-0.2, 0) is 10.0 Å². The third-order valence-electron chi connectivity index (χ3n) is 4.10. The fourth-order valence-corrected chi connectivity index (χ4v) is 3.77. The molecule has 0 aromatic heterocycles. The Morgan fingerprint density at radius 3 is 2.43 bits per heavy atom. The summed E-state index contributed by atoms with van der Waals surface area (Å²) in [7, 11) is -3.82. The minimum absolute atomic E-state index is 0.0121. The van der Waals surface area contributed by atoms with E-state index in [0.29, 0.717) is 17.0 Å². The first kappa shape index (κ1) is 16.0. The van der Waals surface area contributed by atoms with Gasteiger partial charge in [0.05, 0.1) is 4.90 Å². The first-order valence-corrected chi connectivity index (χ1v) is 8.68. The molecule has 2 unspecified atom stereocenters. The number of hydrogen-bond donors (Lipinski definition) is 2. The normalized spacial score (nSPS) is 22.3. The summed E-state index contributed by atoms with van der Waals surface area (Å²) in [5, 5.41) is 8.19. The molecule has 1 aliphatic carbocycles. The Morgan fingerprint density at radius 2 is 1.90 bits per heavy atom. The highest BCUT2D eigenvalue weighted by molar-refractivity contribution is 7.89. The van der Waals surface area contributed by atoms with Crippen molar-refractivity contribution in [2.24, 2.45) is 11.1 Å². The molecule has 0 spiro atoms. The Kier molecular flexibility index (Phi) is 4.39. The van der Waals surface area contributed by atoms with Gasteiger partial charge in [0.25, 0.3) is 5.91 Å². The van der Waals surface area contributed by atoms with Crippen LogP contribution in [-0.4, -0.2) is 20.4 Å². The zero-order chi connectivity index (χ0) is 15.8. The predicted octanol–water partition coefficient (Wildman–Crippen LogP) is 1.87. The van der Waals surface area contributed by atoms with E-state index in [1.54, 1.807) is 19.9 Å². The molecular weight excluding hydrogens is 288 g/mol. The van der Waals surface area contributed by atoms with E-state index in [4.69, 9.17) is 5.14 Å². The SMILES string of the molecule is Cc1cc(C)c(S(N)(=O)=O)cc1C(=O)NC1CCC(C)C1. The summed E-state index contributed by atoms with van der Waals surface area (Å²) in [4.78, 5) is 12.4. The molecule has 0 heterocycles. The van der Waals surface area contributed by atoms with E-state index in [1.165, 1.54) is 6.07 Å². The quantitative estimate of drug-likeness (QED) is 0.893. The fourth-order valence-electron chi connectivity index (χ4n) is 2.98. The third kappa shape index (κ3) is 3.63. The van der Waals surface area contributed by atoms with Gasteiger partial charge in [-0.1, -0.05) is 13.0 Å². The second-order valence-corrected chi connectivity index (χ2v) is 7.60. The van der Waals surface area contributed by atoms with Crippen LogP contribution in [0.2, 0.25) is 0 Å². The van der Waals surface area contributed by atoms with E-state index in [9.17, 15) is 13.2 Å². The Balaban J connectivity index is 2.29.